The number of hydrogen-bond acceptors (Lipinski definition) is 5. The van der Waals surface area contributed by atoms with Crippen LogP contribution in [0.5, 0.6) is 0 Å². The molecule has 3 heterocycles. The van der Waals surface area contributed by atoms with Gasteiger partial charge in [0.15, 0.2) is 5.65 Å². The minimum Gasteiger partial charge on any atom is -0.378 e. The average molecular weight is 377 g/mol. The van der Waals surface area contributed by atoms with Crippen molar-refractivity contribution in [1.82, 2.24) is 24.0 Å². The fourth-order valence-electron chi connectivity index (χ4n) is 3.36. The van der Waals surface area contributed by atoms with Gasteiger partial charge in [-0.15, -0.1) is 0 Å². The number of carbonyl (C=O) groups excluding carboxylic acids is 1. The minimum atomic E-state index is -0.373. The van der Waals surface area contributed by atoms with Gasteiger partial charge in [-0.25, -0.2) is 9.78 Å². The molecule has 0 aromatic carbocycles. The largest absolute Gasteiger partial charge is 0.378 e. The number of unbranched alkanes of at least 4 members (excludes halogenated alkanes) is 1. The highest BCUT2D eigenvalue weighted by Crippen LogP contribution is 2.07. The number of imidazole rings is 1. The molecule has 0 atom stereocenters. The van der Waals surface area contributed by atoms with Gasteiger partial charge in [-0.3, -0.25) is 18.7 Å². The lowest BCUT2D eigenvalue weighted by Crippen LogP contribution is -2.42. The zero-order valence-corrected chi connectivity index (χ0v) is 16.0. The molecule has 1 fully saturated rings. The first-order chi connectivity index (χ1) is 13.0. The van der Waals surface area contributed by atoms with Crippen molar-refractivity contribution < 1.29 is 9.53 Å². The monoisotopic (exact) mass is 377 g/mol. The number of morpholine rings is 1. The molecule has 0 saturated carbocycles. The van der Waals surface area contributed by atoms with Gasteiger partial charge in [-0.1, -0.05) is 13.3 Å². The van der Waals surface area contributed by atoms with E-state index >= 15 is 0 Å². The molecular formula is C18H27N5O4. The van der Waals surface area contributed by atoms with Gasteiger partial charge in [0.2, 0.25) is 5.91 Å². The first kappa shape index (κ1) is 19.3. The van der Waals surface area contributed by atoms with Crippen molar-refractivity contribution in [2.75, 3.05) is 26.3 Å². The summed E-state index contributed by atoms with van der Waals surface area (Å²) in [6.45, 7) is 6.86. The van der Waals surface area contributed by atoms with Gasteiger partial charge in [0.1, 0.15) is 11.3 Å². The van der Waals surface area contributed by atoms with E-state index in [4.69, 9.17) is 4.74 Å². The summed E-state index contributed by atoms with van der Waals surface area (Å²) in [5, 5.41) is 0. The lowest BCUT2D eigenvalue weighted by atomic mass is 10.2. The molecule has 0 aliphatic carbocycles. The van der Waals surface area contributed by atoms with Crippen LogP contribution < -0.4 is 11.2 Å². The number of H-pyrrole nitrogens is 1. The van der Waals surface area contributed by atoms with Crippen molar-refractivity contribution in [2.24, 2.45) is 0 Å². The summed E-state index contributed by atoms with van der Waals surface area (Å²) in [7, 11) is 0. The summed E-state index contributed by atoms with van der Waals surface area (Å²) in [5.41, 5.74) is 0.0349. The van der Waals surface area contributed by atoms with Crippen LogP contribution in [0.3, 0.4) is 0 Å². The van der Waals surface area contributed by atoms with Crippen LogP contribution in [-0.2, 0) is 22.6 Å². The highest BCUT2D eigenvalue weighted by molar-refractivity contribution is 5.76. The van der Waals surface area contributed by atoms with E-state index in [2.05, 4.69) is 9.97 Å². The summed E-state index contributed by atoms with van der Waals surface area (Å²) in [4.78, 5) is 46.9. The lowest BCUT2D eigenvalue weighted by Gasteiger charge is -2.26. The number of aromatic amines is 1. The standard InChI is InChI=1S/C18H27N5O4/c1-3-4-7-22-16-15(19-13(2)20-16)17(25)23(18(22)26)8-5-6-14(24)21-9-11-27-12-10-21/h3-12H2,1-2H3,(H,19,20). The Morgan fingerprint density at radius 1 is 1.15 bits per heavy atom. The zero-order chi connectivity index (χ0) is 19.4. The maximum atomic E-state index is 12.9. The molecule has 148 valence electrons. The molecule has 27 heavy (non-hydrogen) atoms. The molecule has 2 aromatic rings. The molecule has 1 amide bonds. The molecule has 1 saturated heterocycles. The average Bonchev–Trinajstić information content (AvgIpc) is 3.06. The highest BCUT2D eigenvalue weighted by Gasteiger charge is 2.18. The fourth-order valence-corrected chi connectivity index (χ4v) is 3.36. The first-order valence-electron chi connectivity index (χ1n) is 9.58. The van der Waals surface area contributed by atoms with E-state index in [0.29, 0.717) is 62.7 Å². The number of ether oxygens (including phenoxy) is 1. The van der Waals surface area contributed by atoms with E-state index in [1.165, 1.54) is 4.57 Å². The molecule has 2 aromatic heterocycles. The quantitative estimate of drug-likeness (QED) is 0.763. The van der Waals surface area contributed by atoms with Crippen molar-refractivity contribution in [2.45, 2.75) is 52.6 Å². The summed E-state index contributed by atoms with van der Waals surface area (Å²) in [6, 6.07) is 0. The predicted molar refractivity (Wildman–Crippen MR) is 101 cm³/mol. The normalized spacial score (nSPS) is 14.8. The minimum absolute atomic E-state index is 0.0381. The SMILES string of the molecule is CCCCn1c(=O)n(CCCC(=O)N2CCOCC2)c(=O)c2[nH]c(C)nc21. The van der Waals surface area contributed by atoms with E-state index < -0.39 is 0 Å². The Hall–Kier alpha value is -2.42. The number of carbonyl (C=O) groups is 1. The van der Waals surface area contributed by atoms with Crippen molar-refractivity contribution >= 4 is 17.1 Å². The molecule has 0 bridgehead atoms. The number of nitrogens with one attached hydrogen (secondary N) is 1. The van der Waals surface area contributed by atoms with Gasteiger partial charge in [0.25, 0.3) is 5.56 Å². The smallest absolute Gasteiger partial charge is 0.332 e. The van der Waals surface area contributed by atoms with Crippen LogP contribution in [0.4, 0.5) is 0 Å². The number of nitrogens with zero attached hydrogens (tertiary/aromatic N) is 4. The molecule has 0 radical (unpaired) electrons. The molecule has 9 nitrogen and oxygen atoms in total. The van der Waals surface area contributed by atoms with Gasteiger partial charge in [-0.2, -0.15) is 0 Å². The molecule has 9 heteroatoms. The summed E-state index contributed by atoms with van der Waals surface area (Å²) in [6.07, 6.45) is 2.51. The number of aromatic nitrogens is 4. The Morgan fingerprint density at radius 3 is 2.56 bits per heavy atom. The van der Waals surface area contributed by atoms with E-state index in [1.54, 1.807) is 16.4 Å². The first-order valence-corrected chi connectivity index (χ1v) is 9.58. The Bertz CT molecular complexity index is 920. The van der Waals surface area contributed by atoms with Crippen molar-refractivity contribution in [3.8, 4) is 0 Å². The maximum absolute atomic E-state index is 12.9. The fraction of sp³-hybridized carbons (Fsp3) is 0.667. The van der Waals surface area contributed by atoms with E-state index in [-0.39, 0.29) is 23.7 Å². The Morgan fingerprint density at radius 2 is 1.85 bits per heavy atom. The Labute approximate surface area is 156 Å². The van der Waals surface area contributed by atoms with Crippen LogP contribution in [0.2, 0.25) is 0 Å². The van der Waals surface area contributed by atoms with Crippen molar-refractivity contribution in [1.29, 1.82) is 0 Å². The molecule has 1 aliphatic heterocycles. The summed E-state index contributed by atoms with van der Waals surface area (Å²) >= 11 is 0. The summed E-state index contributed by atoms with van der Waals surface area (Å²) in [5.74, 6) is 0.642. The van der Waals surface area contributed by atoms with Crippen LogP contribution in [0.1, 0.15) is 38.4 Å². The number of hydrogen-bond donors (Lipinski definition) is 1. The summed E-state index contributed by atoms with van der Waals surface area (Å²) < 4.78 is 8.04. The van der Waals surface area contributed by atoms with Crippen LogP contribution in [0, 0.1) is 6.92 Å². The van der Waals surface area contributed by atoms with Crippen molar-refractivity contribution in [3.63, 3.8) is 0 Å². The van der Waals surface area contributed by atoms with Gasteiger partial charge in [0.05, 0.1) is 13.2 Å². The molecule has 1 N–H and O–H groups in total. The molecule has 3 rings (SSSR count). The maximum Gasteiger partial charge on any atom is 0.332 e. The van der Waals surface area contributed by atoms with E-state index in [9.17, 15) is 14.4 Å². The van der Waals surface area contributed by atoms with Gasteiger partial charge in [-0.05, 0) is 19.8 Å². The number of fused-ring (bicyclic) bond motifs is 1. The molecule has 0 spiro atoms. The van der Waals surface area contributed by atoms with Crippen LogP contribution in [0.25, 0.3) is 11.2 Å². The van der Waals surface area contributed by atoms with Crippen LogP contribution >= 0.6 is 0 Å². The Kier molecular flexibility index (Phi) is 6.10. The second-order valence-electron chi connectivity index (χ2n) is 6.86. The number of amides is 1. The molecule has 0 unspecified atom stereocenters. The van der Waals surface area contributed by atoms with Gasteiger partial charge < -0.3 is 14.6 Å². The van der Waals surface area contributed by atoms with Crippen molar-refractivity contribution in [3.05, 3.63) is 26.7 Å². The third-order valence-electron chi connectivity index (χ3n) is 4.85. The zero-order valence-electron chi connectivity index (χ0n) is 16.0. The molecular weight excluding hydrogens is 350 g/mol. The highest BCUT2D eigenvalue weighted by atomic mass is 16.5. The Balaban J connectivity index is 1.80. The second-order valence-corrected chi connectivity index (χ2v) is 6.86. The third-order valence-corrected chi connectivity index (χ3v) is 4.85. The topological polar surface area (TPSA) is 102 Å². The third kappa shape index (κ3) is 4.13. The second kappa shape index (κ2) is 8.51. The lowest BCUT2D eigenvalue weighted by molar-refractivity contribution is -0.135. The molecule has 1 aliphatic rings. The van der Waals surface area contributed by atoms with Gasteiger partial charge >= 0.3 is 5.69 Å². The van der Waals surface area contributed by atoms with E-state index in [0.717, 1.165) is 12.8 Å². The van der Waals surface area contributed by atoms with Crippen LogP contribution in [0.15, 0.2) is 9.59 Å². The predicted octanol–water partition coefficient (Wildman–Crippen LogP) is 0.634. The number of rotatable bonds is 7. The van der Waals surface area contributed by atoms with Crippen LogP contribution in [-0.4, -0.2) is 56.2 Å². The van der Waals surface area contributed by atoms with E-state index in [1.807, 2.05) is 6.92 Å². The van der Waals surface area contributed by atoms with Gasteiger partial charge in [0, 0.05) is 32.6 Å². The number of aryl methyl sites for hydroxylation is 2.